The van der Waals surface area contributed by atoms with Crippen LogP contribution in [0.2, 0.25) is 0 Å². The molecule has 0 radical (unpaired) electrons. The van der Waals surface area contributed by atoms with Crippen molar-refractivity contribution in [2.75, 3.05) is 46.4 Å². The van der Waals surface area contributed by atoms with Crippen LogP contribution in [0.1, 0.15) is 36.2 Å². The average molecular weight is 446 g/mol. The van der Waals surface area contributed by atoms with Gasteiger partial charge < -0.3 is 24.1 Å². The van der Waals surface area contributed by atoms with Crippen LogP contribution in [0.15, 0.2) is 22.8 Å². The largest absolute Gasteiger partial charge is 0.490 e. The highest BCUT2D eigenvalue weighted by atomic mass is 19.4. The molecule has 1 saturated carbocycles. The highest BCUT2D eigenvalue weighted by Gasteiger charge is 2.47. The van der Waals surface area contributed by atoms with Crippen molar-refractivity contribution in [3.8, 4) is 0 Å². The van der Waals surface area contributed by atoms with Crippen molar-refractivity contribution in [1.29, 1.82) is 0 Å². The Hall–Kier alpha value is -2.07. The summed E-state index contributed by atoms with van der Waals surface area (Å²) in [5.41, 5.74) is 0.318. The van der Waals surface area contributed by atoms with Crippen LogP contribution in [0.5, 0.6) is 0 Å². The Morgan fingerprint density at radius 1 is 1.26 bits per heavy atom. The van der Waals surface area contributed by atoms with Gasteiger partial charge in [0, 0.05) is 38.7 Å². The fourth-order valence-electron chi connectivity index (χ4n) is 4.47. The topological polar surface area (TPSA) is 83.2 Å². The second-order valence-corrected chi connectivity index (χ2v) is 8.81. The van der Waals surface area contributed by atoms with Crippen LogP contribution in [0.25, 0.3) is 0 Å². The van der Waals surface area contributed by atoms with Crippen LogP contribution in [0.3, 0.4) is 0 Å². The predicted octanol–water partition coefficient (Wildman–Crippen LogP) is 3.12. The van der Waals surface area contributed by atoms with E-state index in [1.165, 1.54) is 12.8 Å². The van der Waals surface area contributed by atoms with Crippen LogP contribution in [0, 0.1) is 17.3 Å². The second kappa shape index (κ2) is 9.60. The van der Waals surface area contributed by atoms with Gasteiger partial charge in [-0.2, -0.15) is 13.2 Å². The van der Waals surface area contributed by atoms with Gasteiger partial charge in [0.2, 0.25) is 0 Å². The Morgan fingerprint density at radius 2 is 1.90 bits per heavy atom. The number of ether oxygens (including phenoxy) is 1. The summed E-state index contributed by atoms with van der Waals surface area (Å²) in [6.45, 7) is 5.73. The molecule has 0 aromatic carbocycles. The van der Waals surface area contributed by atoms with E-state index in [1.54, 1.807) is 18.4 Å². The first-order valence-corrected chi connectivity index (χ1v) is 10.5. The standard InChI is InChI=1S/C19H28N2O3.C2HF3O2/c1-20-11-16(13-23-12-15-4-5-15)19(14-20)6-8-21(9-7-19)18(22)17-3-2-10-24-17;3-2(4,5)1(6)7/h2-3,10,15-16H,4-9,11-14H2,1H3;(H,6,7). The van der Waals surface area contributed by atoms with E-state index < -0.39 is 12.1 Å². The van der Waals surface area contributed by atoms with Crippen LogP contribution in [-0.4, -0.2) is 79.4 Å². The van der Waals surface area contributed by atoms with Crippen molar-refractivity contribution in [2.24, 2.45) is 17.3 Å². The first kappa shape index (κ1) is 23.6. The molecule has 31 heavy (non-hydrogen) atoms. The molecule has 174 valence electrons. The summed E-state index contributed by atoms with van der Waals surface area (Å²) in [6.07, 6.45) is 1.32. The van der Waals surface area contributed by atoms with Gasteiger partial charge in [-0.15, -0.1) is 0 Å². The first-order chi connectivity index (χ1) is 14.6. The number of carboxylic acids is 1. The number of piperidine rings is 1. The van der Waals surface area contributed by atoms with Crippen molar-refractivity contribution in [2.45, 2.75) is 31.9 Å². The molecule has 3 fully saturated rings. The Kier molecular flexibility index (Phi) is 7.31. The molecule has 2 saturated heterocycles. The number of rotatable bonds is 5. The predicted molar refractivity (Wildman–Crippen MR) is 104 cm³/mol. The van der Waals surface area contributed by atoms with Crippen molar-refractivity contribution in [3.05, 3.63) is 24.2 Å². The highest BCUT2D eigenvalue weighted by molar-refractivity contribution is 5.91. The Bertz CT molecular complexity index is 741. The minimum Gasteiger partial charge on any atom is -0.475 e. The lowest BCUT2D eigenvalue weighted by molar-refractivity contribution is -0.192. The molecule has 1 amide bonds. The summed E-state index contributed by atoms with van der Waals surface area (Å²) < 4.78 is 43.0. The minimum absolute atomic E-state index is 0.0303. The van der Waals surface area contributed by atoms with Crippen LogP contribution in [-0.2, 0) is 9.53 Å². The molecule has 3 aliphatic rings. The van der Waals surface area contributed by atoms with E-state index in [-0.39, 0.29) is 5.91 Å². The molecule has 3 heterocycles. The Morgan fingerprint density at radius 3 is 2.42 bits per heavy atom. The highest BCUT2D eigenvalue weighted by Crippen LogP contribution is 2.44. The molecule has 1 spiro atoms. The number of aliphatic carboxylic acids is 1. The molecular weight excluding hydrogens is 417 g/mol. The van der Waals surface area contributed by atoms with Crippen molar-refractivity contribution >= 4 is 11.9 Å². The van der Waals surface area contributed by atoms with Crippen LogP contribution >= 0.6 is 0 Å². The zero-order valence-corrected chi connectivity index (χ0v) is 17.6. The molecular formula is C21H29F3N2O5. The average Bonchev–Trinajstić information content (AvgIpc) is 3.26. The summed E-state index contributed by atoms with van der Waals surface area (Å²) in [5.74, 6) is -0.844. The fraction of sp³-hybridized carbons (Fsp3) is 0.714. The zero-order chi connectivity index (χ0) is 22.6. The summed E-state index contributed by atoms with van der Waals surface area (Å²) in [5, 5.41) is 7.12. The van der Waals surface area contributed by atoms with E-state index in [0.717, 1.165) is 58.2 Å². The number of carbonyl (C=O) groups is 2. The Balaban J connectivity index is 0.000000339. The number of hydrogen-bond acceptors (Lipinski definition) is 5. The number of carboxylic acid groups (broad SMARTS) is 1. The molecule has 4 rings (SSSR count). The molecule has 1 aliphatic carbocycles. The molecule has 7 nitrogen and oxygen atoms in total. The molecule has 10 heteroatoms. The van der Waals surface area contributed by atoms with Crippen LogP contribution < -0.4 is 0 Å². The molecule has 1 aromatic rings. The van der Waals surface area contributed by atoms with Crippen molar-refractivity contribution in [1.82, 2.24) is 9.80 Å². The number of likely N-dealkylation sites (tertiary alicyclic amines) is 2. The zero-order valence-electron chi connectivity index (χ0n) is 17.6. The van der Waals surface area contributed by atoms with Crippen molar-refractivity contribution < 1.29 is 37.0 Å². The maximum absolute atomic E-state index is 12.5. The number of nitrogens with zero attached hydrogens (tertiary/aromatic N) is 2. The van der Waals surface area contributed by atoms with E-state index in [0.29, 0.717) is 17.1 Å². The molecule has 1 unspecified atom stereocenters. The van der Waals surface area contributed by atoms with Gasteiger partial charge in [-0.1, -0.05) is 0 Å². The van der Waals surface area contributed by atoms with Gasteiger partial charge in [-0.3, -0.25) is 4.79 Å². The van der Waals surface area contributed by atoms with Crippen molar-refractivity contribution in [3.63, 3.8) is 0 Å². The number of alkyl halides is 3. The van der Waals surface area contributed by atoms with Gasteiger partial charge in [0.15, 0.2) is 5.76 Å². The van der Waals surface area contributed by atoms with E-state index in [2.05, 4.69) is 11.9 Å². The quantitative estimate of drug-likeness (QED) is 0.748. The smallest absolute Gasteiger partial charge is 0.475 e. The van der Waals surface area contributed by atoms with E-state index in [9.17, 15) is 18.0 Å². The van der Waals surface area contributed by atoms with Gasteiger partial charge >= 0.3 is 12.1 Å². The third-order valence-corrected chi connectivity index (χ3v) is 6.37. The van der Waals surface area contributed by atoms with Gasteiger partial charge in [0.05, 0.1) is 12.9 Å². The molecule has 1 atom stereocenters. The number of carbonyl (C=O) groups excluding carboxylic acids is 1. The number of furan rings is 1. The molecule has 1 N–H and O–H groups in total. The first-order valence-electron chi connectivity index (χ1n) is 10.5. The van der Waals surface area contributed by atoms with E-state index in [4.69, 9.17) is 19.1 Å². The summed E-state index contributed by atoms with van der Waals surface area (Å²) in [7, 11) is 2.21. The van der Waals surface area contributed by atoms with E-state index >= 15 is 0 Å². The van der Waals surface area contributed by atoms with Crippen LogP contribution in [0.4, 0.5) is 13.2 Å². The number of amides is 1. The van der Waals surface area contributed by atoms with Gasteiger partial charge in [0.1, 0.15) is 0 Å². The Labute approximate surface area is 179 Å². The molecule has 0 bridgehead atoms. The normalized spacial score (nSPS) is 23.5. The maximum Gasteiger partial charge on any atom is 0.490 e. The summed E-state index contributed by atoms with van der Waals surface area (Å²) in [6, 6.07) is 3.53. The van der Waals surface area contributed by atoms with Gasteiger partial charge in [0.25, 0.3) is 5.91 Å². The van der Waals surface area contributed by atoms with Gasteiger partial charge in [-0.25, -0.2) is 4.79 Å². The number of halogens is 3. The maximum atomic E-state index is 12.5. The lowest BCUT2D eigenvalue weighted by Crippen LogP contribution is -2.47. The lowest BCUT2D eigenvalue weighted by Gasteiger charge is -2.42. The van der Waals surface area contributed by atoms with E-state index in [1.807, 2.05) is 4.90 Å². The molecule has 2 aliphatic heterocycles. The minimum atomic E-state index is -5.08. The SMILES string of the molecule is CN1CC(COCC2CC2)C2(CCN(C(=O)c3ccco3)CC2)C1.O=C(O)C(F)(F)F. The monoisotopic (exact) mass is 446 g/mol. The third kappa shape index (κ3) is 6.22. The van der Waals surface area contributed by atoms with Gasteiger partial charge in [-0.05, 0) is 56.2 Å². The number of hydrogen-bond donors (Lipinski definition) is 1. The lowest BCUT2D eigenvalue weighted by atomic mass is 9.71. The fourth-order valence-corrected chi connectivity index (χ4v) is 4.47. The third-order valence-electron chi connectivity index (χ3n) is 6.37. The molecule has 1 aromatic heterocycles. The second-order valence-electron chi connectivity index (χ2n) is 8.81. The summed E-state index contributed by atoms with van der Waals surface area (Å²) >= 11 is 0. The summed E-state index contributed by atoms with van der Waals surface area (Å²) in [4.78, 5) is 25.7.